The highest BCUT2D eigenvalue weighted by molar-refractivity contribution is 7.90. The Morgan fingerprint density at radius 2 is 1.53 bits per heavy atom. The lowest BCUT2D eigenvalue weighted by molar-refractivity contribution is -0.174. The molecular weight excluding hydrogens is 500 g/mol. The van der Waals surface area contributed by atoms with E-state index in [-0.39, 0.29) is 16.8 Å². The highest BCUT2D eigenvalue weighted by atomic mass is 32.2. The maximum atomic E-state index is 14.5. The number of carbonyl (C=O) groups is 1. The first-order chi connectivity index (χ1) is 16.9. The number of nitrogens with one attached hydrogen (secondary N) is 1. The van der Waals surface area contributed by atoms with Crippen molar-refractivity contribution in [3.05, 3.63) is 102 Å². The number of alkyl halides is 3. The van der Waals surface area contributed by atoms with Crippen molar-refractivity contribution < 1.29 is 35.9 Å². The first-order valence-corrected chi connectivity index (χ1v) is 12.1. The second-order valence-electron chi connectivity index (χ2n) is 8.09. The zero-order valence-electron chi connectivity index (χ0n) is 18.7. The third-order valence-electron chi connectivity index (χ3n) is 5.69. The Bertz CT molecular complexity index is 1530. The number of benzene rings is 3. The molecule has 11 heteroatoms. The quantitative estimate of drug-likeness (QED) is 0.356. The number of aliphatic hydroxyl groups is 1. The Hall–Kier alpha value is -3.70. The molecule has 0 radical (unpaired) electrons. The van der Waals surface area contributed by atoms with Gasteiger partial charge in [0.2, 0.25) is 0 Å². The Morgan fingerprint density at radius 1 is 0.944 bits per heavy atom. The lowest BCUT2D eigenvalue weighted by Gasteiger charge is -2.18. The summed E-state index contributed by atoms with van der Waals surface area (Å²) in [4.78, 5) is 10.6. The Kier molecular flexibility index (Phi) is 6.63. The number of amides is 1. The average Bonchev–Trinajstić information content (AvgIpc) is 3.23. The Labute approximate surface area is 203 Å². The molecule has 0 aliphatic rings. The molecule has 3 aromatic carbocycles. The van der Waals surface area contributed by atoms with Gasteiger partial charge in [-0.15, -0.1) is 0 Å². The predicted molar refractivity (Wildman–Crippen MR) is 124 cm³/mol. The normalized spacial score (nSPS) is 13.9. The van der Waals surface area contributed by atoms with Gasteiger partial charge in [-0.2, -0.15) is 13.2 Å². The number of halogens is 4. The Morgan fingerprint density at radius 3 is 2.17 bits per heavy atom. The topological polar surface area (TPSA) is 88.4 Å². The van der Waals surface area contributed by atoms with Crippen LogP contribution in [-0.4, -0.2) is 29.6 Å². The number of rotatable bonds is 6. The molecule has 0 spiro atoms. The van der Waals surface area contributed by atoms with E-state index in [0.717, 1.165) is 16.1 Å². The van der Waals surface area contributed by atoms with E-state index in [1.807, 2.05) is 5.32 Å². The van der Waals surface area contributed by atoms with Crippen LogP contribution in [0.2, 0.25) is 0 Å². The summed E-state index contributed by atoms with van der Waals surface area (Å²) in [5.74, 6) is -3.03. The number of aliphatic hydroxyl groups excluding tert-OH is 1. The molecule has 1 aromatic heterocycles. The summed E-state index contributed by atoms with van der Waals surface area (Å²) in [6.07, 6.45) is -6.50. The molecule has 0 fully saturated rings. The fourth-order valence-corrected chi connectivity index (χ4v) is 5.48. The van der Waals surface area contributed by atoms with Crippen molar-refractivity contribution in [3.8, 4) is 0 Å². The standard InChI is InChI=1S/C25H20F4N2O4S/c1-15(30-24(33)25(27,28)29)16-10-12-17(13-11-16)23(32)21-14-18-6-2-4-8-20(18)31(21)36(34,35)22-9-5-3-7-19(22)26/h2-15,23,32H,1H3,(H,30,33)/t15-,23?/m0/s1. The van der Waals surface area contributed by atoms with Crippen LogP contribution in [0, 0.1) is 5.82 Å². The van der Waals surface area contributed by atoms with Crippen molar-refractivity contribution in [1.29, 1.82) is 0 Å². The molecule has 4 aromatic rings. The van der Waals surface area contributed by atoms with E-state index in [2.05, 4.69) is 0 Å². The molecule has 36 heavy (non-hydrogen) atoms. The molecule has 1 amide bonds. The molecule has 1 heterocycles. The molecule has 6 nitrogen and oxygen atoms in total. The molecule has 1 unspecified atom stereocenters. The van der Waals surface area contributed by atoms with Crippen LogP contribution in [0.4, 0.5) is 17.6 Å². The summed E-state index contributed by atoms with van der Waals surface area (Å²) in [5, 5.41) is 13.5. The lowest BCUT2D eigenvalue weighted by atomic mass is 10.0. The number of carbonyl (C=O) groups excluding carboxylic acids is 1. The van der Waals surface area contributed by atoms with Crippen molar-refractivity contribution in [3.63, 3.8) is 0 Å². The Balaban J connectivity index is 1.74. The number of para-hydroxylation sites is 1. The second kappa shape index (κ2) is 9.40. The van der Waals surface area contributed by atoms with Gasteiger partial charge in [-0.25, -0.2) is 16.8 Å². The molecule has 2 atom stereocenters. The van der Waals surface area contributed by atoms with Crippen molar-refractivity contribution in [2.45, 2.75) is 30.1 Å². The summed E-state index contributed by atoms with van der Waals surface area (Å²) in [6, 6.07) is 17.5. The zero-order chi connectivity index (χ0) is 26.3. The largest absolute Gasteiger partial charge is 0.471 e. The van der Waals surface area contributed by atoms with E-state index >= 15 is 0 Å². The van der Waals surface area contributed by atoms with Gasteiger partial charge in [-0.1, -0.05) is 54.6 Å². The van der Waals surface area contributed by atoms with Gasteiger partial charge in [0.15, 0.2) is 0 Å². The molecule has 0 bridgehead atoms. The molecule has 2 N–H and O–H groups in total. The van der Waals surface area contributed by atoms with Gasteiger partial charge in [-0.05, 0) is 42.3 Å². The van der Waals surface area contributed by atoms with E-state index in [9.17, 15) is 35.9 Å². The van der Waals surface area contributed by atoms with Crippen LogP contribution in [0.3, 0.4) is 0 Å². The van der Waals surface area contributed by atoms with Crippen molar-refractivity contribution in [2.75, 3.05) is 0 Å². The summed E-state index contributed by atoms with van der Waals surface area (Å²) >= 11 is 0. The number of nitrogens with zero attached hydrogens (tertiary/aromatic N) is 1. The van der Waals surface area contributed by atoms with E-state index in [0.29, 0.717) is 10.9 Å². The van der Waals surface area contributed by atoms with Crippen LogP contribution >= 0.6 is 0 Å². The fraction of sp³-hybridized carbons (Fsp3) is 0.160. The maximum absolute atomic E-state index is 14.5. The van der Waals surface area contributed by atoms with Crippen LogP contribution in [-0.2, 0) is 14.8 Å². The van der Waals surface area contributed by atoms with Crippen LogP contribution in [0.15, 0.2) is 83.8 Å². The lowest BCUT2D eigenvalue weighted by Crippen LogP contribution is -2.38. The zero-order valence-corrected chi connectivity index (χ0v) is 19.5. The van der Waals surface area contributed by atoms with E-state index in [1.165, 1.54) is 55.5 Å². The maximum Gasteiger partial charge on any atom is 0.471 e. The average molecular weight is 521 g/mol. The molecular formula is C25H20F4N2O4S. The SMILES string of the molecule is C[C@H](NC(=O)C(F)(F)F)c1ccc(C(O)c2cc3ccccc3n2S(=O)(=O)c2ccccc2F)cc1. The van der Waals surface area contributed by atoms with Gasteiger partial charge >= 0.3 is 12.1 Å². The van der Waals surface area contributed by atoms with Gasteiger partial charge in [0.05, 0.1) is 17.3 Å². The van der Waals surface area contributed by atoms with Crippen molar-refractivity contribution in [1.82, 2.24) is 9.29 Å². The second-order valence-corrected chi connectivity index (χ2v) is 9.85. The van der Waals surface area contributed by atoms with Crippen molar-refractivity contribution >= 4 is 26.8 Å². The van der Waals surface area contributed by atoms with Gasteiger partial charge in [0.1, 0.15) is 16.8 Å². The van der Waals surface area contributed by atoms with Crippen LogP contribution in [0.5, 0.6) is 0 Å². The third-order valence-corrected chi connectivity index (χ3v) is 7.46. The smallest absolute Gasteiger partial charge is 0.382 e. The summed E-state index contributed by atoms with van der Waals surface area (Å²) < 4.78 is 79.9. The van der Waals surface area contributed by atoms with E-state index < -0.39 is 45.0 Å². The first-order valence-electron chi connectivity index (χ1n) is 10.7. The van der Waals surface area contributed by atoms with Crippen molar-refractivity contribution in [2.24, 2.45) is 0 Å². The first kappa shape index (κ1) is 25.4. The highest BCUT2D eigenvalue weighted by Gasteiger charge is 2.39. The fourth-order valence-electron chi connectivity index (χ4n) is 3.86. The van der Waals surface area contributed by atoms with E-state index in [4.69, 9.17) is 0 Å². The number of hydrogen-bond donors (Lipinski definition) is 2. The van der Waals surface area contributed by atoms with Gasteiger partial charge < -0.3 is 10.4 Å². The van der Waals surface area contributed by atoms with Crippen LogP contribution in [0.25, 0.3) is 10.9 Å². The summed E-state index contributed by atoms with van der Waals surface area (Å²) in [7, 11) is -4.46. The minimum atomic E-state index is -5.03. The van der Waals surface area contributed by atoms with Crippen LogP contribution < -0.4 is 5.32 Å². The van der Waals surface area contributed by atoms with E-state index in [1.54, 1.807) is 18.2 Å². The molecule has 188 valence electrons. The number of hydrogen-bond acceptors (Lipinski definition) is 4. The summed E-state index contributed by atoms with van der Waals surface area (Å²) in [5.41, 5.74) is 0.754. The van der Waals surface area contributed by atoms with Gasteiger partial charge in [0.25, 0.3) is 10.0 Å². The molecule has 0 saturated carbocycles. The molecule has 0 saturated heterocycles. The monoisotopic (exact) mass is 520 g/mol. The number of fused-ring (bicyclic) bond motifs is 1. The van der Waals surface area contributed by atoms with Gasteiger partial charge in [-0.3, -0.25) is 4.79 Å². The van der Waals surface area contributed by atoms with Gasteiger partial charge in [0, 0.05) is 5.39 Å². The summed E-state index contributed by atoms with van der Waals surface area (Å²) in [6.45, 7) is 1.37. The molecule has 0 aliphatic heterocycles. The number of aromatic nitrogens is 1. The minimum absolute atomic E-state index is 0.0503. The van der Waals surface area contributed by atoms with Crippen LogP contribution in [0.1, 0.15) is 35.9 Å². The predicted octanol–water partition coefficient (Wildman–Crippen LogP) is 4.84. The molecule has 0 aliphatic carbocycles. The minimum Gasteiger partial charge on any atom is -0.382 e. The molecule has 4 rings (SSSR count). The third kappa shape index (κ3) is 4.71. The highest BCUT2D eigenvalue weighted by Crippen LogP contribution is 2.33.